The van der Waals surface area contributed by atoms with E-state index in [0.29, 0.717) is 12.8 Å². The standard InChI is InChI=1S/C26H32N2O5/c1-4-9-23(25(31)28(17(2)3)15-14-24(29)30)27-26(32)33-16-22-20-12-7-5-10-18(20)19-11-6-8-13-21(19)22/h5-8,10-13,17,22-23H,4,9,14-16H2,1-3H3,(H,27,32)(H,29,30)/t23-/m0/s1. The fourth-order valence-corrected chi connectivity index (χ4v) is 4.37. The van der Waals surface area contributed by atoms with E-state index < -0.39 is 18.1 Å². The first-order valence-electron chi connectivity index (χ1n) is 11.5. The molecule has 0 saturated heterocycles. The Morgan fingerprint density at radius 3 is 2.12 bits per heavy atom. The second-order valence-corrected chi connectivity index (χ2v) is 8.58. The maximum Gasteiger partial charge on any atom is 0.407 e. The van der Waals surface area contributed by atoms with Crippen LogP contribution in [0.2, 0.25) is 0 Å². The minimum Gasteiger partial charge on any atom is -0.481 e. The molecule has 3 rings (SSSR count). The van der Waals surface area contributed by atoms with Gasteiger partial charge in [-0.1, -0.05) is 61.9 Å². The van der Waals surface area contributed by atoms with Gasteiger partial charge in [0.1, 0.15) is 12.6 Å². The van der Waals surface area contributed by atoms with E-state index in [-0.39, 0.29) is 37.4 Å². The van der Waals surface area contributed by atoms with Gasteiger partial charge < -0.3 is 20.1 Å². The second kappa shape index (κ2) is 11.0. The van der Waals surface area contributed by atoms with Crippen molar-refractivity contribution in [2.24, 2.45) is 0 Å². The normalized spacial score (nSPS) is 13.2. The summed E-state index contributed by atoms with van der Waals surface area (Å²) in [5, 5.41) is 11.7. The number of amides is 2. The zero-order chi connectivity index (χ0) is 24.0. The first-order chi connectivity index (χ1) is 15.8. The Bertz CT molecular complexity index is 958. The van der Waals surface area contributed by atoms with Gasteiger partial charge in [0.25, 0.3) is 0 Å². The number of benzene rings is 2. The molecule has 1 aliphatic rings. The quantitative estimate of drug-likeness (QED) is 0.557. The van der Waals surface area contributed by atoms with Gasteiger partial charge in [0.15, 0.2) is 0 Å². The summed E-state index contributed by atoms with van der Waals surface area (Å²) < 4.78 is 5.59. The van der Waals surface area contributed by atoms with Crippen LogP contribution in [0.5, 0.6) is 0 Å². The number of nitrogens with zero attached hydrogens (tertiary/aromatic N) is 1. The molecule has 7 nitrogen and oxygen atoms in total. The SMILES string of the molecule is CCC[C@H](NC(=O)OCC1c2ccccc2-c2ccccc21)C(=O)N(CCC(=O)O)C(C)C. The largest absolute Gasteiger partial charge is 0.481 e. The van der Waals surface area contributed by atoms with Crippen LogP contribution < -0.4 is 5.32 Å². The minimum absolute atomic E-state index is 0.0637. The van der Waals surface area contributed by atoms with Crippen LogP contribution in [0.25, 0.3) is 11.1 Å². The molecule has 2 aromatic carbocycles. The number of aliphatic carboxylic acids is 1. The number of nitrogens with one attached hydrogen (secondary N) is 1. The number of carboxylic acid groups (broad SMARTS) is 1. The van der Waals surface area contributed by atoms with Crippen molar-refractivity contribution in [1.29, 1.82) is 0 Å². The lowest BCUT2D eigenvalue weighted by Gasteiger charge is -2.30. The fraction of sp³-hybridized carbons (Fsp3) is 0.423. The lowest BCUT2D eigenvalue weighted by molar-refractivity contribution is -0.140. The van der Waals surface area contributed by atoms with E-state index in [1.54, 1.807) is 0 Å². The van der Waals surface area contributed by atoms with Crippen LogP contribution in [0.1, 0.15) is 57.1 Å². The Morgan fingerprint density at radius 2 is 1.61 bits per heavy atom. The molecule has 0 heterocycles. The molecule has 0 saturated carbocycles. The number of carboxylic acids is 1. The second-order valence-electron chi connectivity index (χ2n) is 8.58. The Kier molecular flexibility index (Phi) is 8.09. The van der Waals surface area contributed by atoms with E-state index in [4.69, 9.17) is 9.84 Å². The Labute approximate surface area is 194 Å². The number of alkyl carbamates (subject to hydrolysis) is 1. The van der Waals surface area contributed by atoms with Gasteiger partial charge in [-0.05, 0) is 42.5 Å². The average molecular weight is 453 g/mol. The number of hydrogen-bond donors (Lipinski definition) is 2. The monoisotopic (exact) mass is 452 g/mol. The van der Waals surface area contributed by atoms with Crippen LogP contribution in [0.3, 0.4) is 0 Å². The number of hydrogen-bond acceptors (Lipinski definition) is 4. The third kappa shape index (κ3) is 5.72. The lowest BCUT2D eigenvalue weighted by Crippen LogP contribution is -2.51. The molecule has 0 fully saturated rings. The van der Waals surface area contributed by atoms with Crippen LogP contribution in [-0.4, -0.2) is 53.2 Å². The molecule has 1 atom stereocenters. The molecule has 0 bridgehead atoms. The highest BCUT2D eigenvalue weighted by molar-refractivity contribution is 5.86. The van der Waals surface area contributed by atoms with Gasteiger partial charge in [-0.2, -0.15) is 0 Å². The summed E-state index contributed by atoms with van der Waals surface area (Å²) in [7, 11) is 0. The highest BCUT2D eigenvalue weighted by atomic mass is 16.5. The number of rotatable bonds is 10. The first-order valence-corrected chi connectivity index (χ1v) is 11.5. The van der Waals surface area contributed by atoms with Crippen molar-refractivity contribution >= 4 is 18.0 Å². The summed E-state index contributed by atoms with van der Waals surface area (Å²) >= 11 is 0. The molecule has 0 unspecified atom stereocenters. The van der Waals surface area contributed by atoms with Crippen LogP contribution in [-0.2, 0) is 14.3 Å². The maximum atomic E-state index is 13.1. The smallest absolute Gasteiger partial charge is 0.407 e. The van der Waals surface area contributed by atoms with Crippen LogP contribution >= 0.6 is 0 Å². The third-order valence-electron chi connectivity index (χ3n) is 5.98. The number of fused-ring (bicyclic) bond motifs is 3. The summed E-state index contributed by atoms with van der Waals surface area (Å²) in [6.45, 7) is 5.85. The van der Waals surface area contributed by atoms with Crippen molar-refractivity contribution in [2.45, 2.75) is 58.0 Å². The number of carbonyl (C=O) groups is 3. The van der Waals surface area contributed by atoms with Gasteiger partial charge in [0, 0.05) is 18.5 Å². The lowest BCUT2D eigenvalue weighted by atomic mass is 9.98. The Hall–Kier alpha value is -3.35. The first kappa shape index (κ1) is 24.3. The molecular weight excluding hydrogens is 420 g/mol. The van der Waals surface area contributed by atoms with Gasteiger partial charge in [0.2, 0.25) is 5.91 Å². The van der Waals surface area contributed by atoms with Gasteiger partial charge in [-0.15, -0.1) is 0 Å². The molecule has 33 heavy (non-hydrogen) atoms. The summed E-state index contributed by atoms with van der Waals surface area (Å²) in [6.07, 6.45) is 0.336. The molecule has 0 radical (unpaired) electrons. The summed E-state index contributed by atoms with van der Waals surface area (Å²) in [5.74, 6) is -1.32. The van der Waals surface area contributed by atoms with Crippen molar-refractivity contribution < 1.29 is 24.2 Å². The maximum absolute atomic E-state index is 13.1. The predicted molar refractivity (Wildman–Crippen MR) is 126 cm³/mol. The van der Waals surface area contributed by atoms with E-state index in [0.717, 1.165) is 22.3 Å². The summed E-state index contributed by atoms with van der Waals surface area (Å²) in [5.41, 5.74) is 4.53. The van der Waals surface area contributed by atoms with E-state index in [2.05, 4.69) is 17.4 Å². The zero-order valence-electron chi connectivity index (χ0n) is 19.4. The summed E-state index contributed by atoms with van der Waals surface area (Å²) in [6, 6.07) is 15.2. The van der Waals surface area contributed by atoms with E-state index >= 15 is 0 Å². The molecule has 1 aliphatic carbocycles. The van der Waals surface area contributed by atoms with Crippen molar-refractivity contribution in [2.75, 3.05) is 13.2 Å². The highest BCUT2D eigenvalue weighted by Crippen LogP contribution is 2.44. The minimum atomic E-state index is -0.968. The van der Waals surface area contributed by atoms with Crippen molar-refractivity contribution in [1.82, 2.24) is 10.2 Å². The number of ether oxygens (including phenoxy) is 1. The van der Waals surface area contributed by atoms with Gasteiger partial charge in [0.05, 0.1) is 6.42 Å². The van der Waals surface area contributed by atoms with Crippen molar-refractivity contribution in [3.63, 3.8) is 0 Å². The van der Waals surface area contributed by atoms with Crippen LogP contribution in [0, 0.1) is 0 Å². The highest BCUT2D eigenvalue weighted by Gasteiger charge is 2.31. The molecule has 2 aromatic rings. The van der Waals surface area contributed by atoms with Crippen LogP contribution in [0.4, 0.5) is 4.79 Å². The molecule has 0 aliphatic heterocycles. The molecule has 176 valence electrons. The fourth-order valence-electron chi connectivity index (χ4n) is 4.37. The van der Waals surface area contributed by atoms with Gasteiger partial charge in [-0.25, -0.2) is 4.79 Å². The van der Waals surface area contributed by atoms with Crippen molar-refractivity contribution in [3.8, 4) is 11.1 Å². The molecular formula is C26H32N2O5. The van der Waals surface area contributed by atoms with Gasteiger partial charge in [-0.3, -0.25) is 9.59 Å². The molecule has 7 heteroatoms. The average Bonchev–Trinajstić information content (AvgIpc) is 3.11. The Balaban J connectivity index is 1.67. The molecule has 0 aromatic heterocycles. The third-order valence-corrected chi connectivity index (χ3v) is 5.98. The molecule has 2 amide bonds. The van der Waals surface area contributed by atoms with Crippen LogP contribution in [0.15, 0.2) is 48.5 Å². The molecule has 0 spiro atoms. The topological polar surface area (TPSA) is 95.9 Å². The number of carbonyl (C=O) groups excluding carboxylic acids is 2. The van der Waals surface area contributed by atoms with E-state index in [9.17, 15) is 14.4 Å². The Morgan fingerprint density at radius 1 is 1.03 bits per heavy atom. The van der Waals surface area contributed by atoms with Gasteiger partial charge >= 0.3 is 12.1 Å². The van der Waals surface area contributed by atoms with E-state index in [1.807, 2.05) is 57.2 Å². The molecule has 2 N–H and O–H groups in total. The van der Waals surface area contributed by atoms with E-state index in [1.165, 1.54) is 4.90 Å². The van der Waals surface area contributed by atoms with Crippen molar-refractivity contribution in [3.05, 3.63) is 59.7 Å². The predicted octanol–water partition coefficient (Wildman–Crippen LogP) is 4.41. The zero-order valence-corrected chi connectivity index (χ0v) is 19.4. The summed E-state index contributed by atoms with van der Waals surface area (Å²) in [4.78, 5) is 38.2.